The third-order valence-electron chi connectivity index (χ3n) is 6.45. The van der Waals surface area contributed by atoms with Crippen molar-refractivity contribution in [3.63, 3.8) is 0 Å². The van der Waals surface area contributed by atoms with Crippen molar-refractivity contribution in [1.29, 1.82) is 0 Å². The number of carbonyl (C=O) groups is 3. The van der Waals surface area contributed by atoms with Crippen LogP contribution in [0.1, 0.15) is 37.0 Å². The molecule has 0 aliphatic carbocycles. The molecule has 0 spiro atoms. The standard InChI is InChI=1S/C31H36N2O6/c1-22(2)18-27(29(35)36)32-30(37)31(38,20-24-14-8-4-9-15-24)26(19-23-12-6-3-7-13-23)28(34)33-39-21-25-16-10-5-11-17-25/h3-17,22,26-27,38H,18-21H2,1-2H3,(H,32,37)(H,33,34)(H,35,36)/t26-,27?,31-/m0/s1. The van der Waals surface area contributed by atoms with Crippen molar-refractivity contribution in [2.24, 2.45) is 11.8 Å². The van der Waals surface area contributed by atoms with E-state index in [4.69, 9.17) is 4.84 Å². The van der Waals surface area contributed by atoms with Gasteiger partial charge in [-0.1, -0.05) is 105 Å². The molecule has 8 heteroatoms. The largest absolute Gasteiger partial charge is 0.480 e. The second kappa shape index (κ2) is 14.2. The highest BCUT2D eigenvalue weighted by Gasteiger charge is 2.49. The predicted molar refractivity (Wildman–Crippen MR) is 147 cm³/mol. The first-order chi connectivity index (χ1) is 18.7. The number of aliphatic hydroxyl groups is 1. The SMILES string of the molecule is CC(C)CC(NC(=O)[C@](O)(Cc1ccccc1)[C@@H](Cc1ccccc1)C(=O)NOCc1ccccc1)C(=O)O. The number of aliphatic carboxylic acids is 1. The molecule has 8 nitrogen and oxygen atoms in total. The summed E-state index contributed by atoms with van der Waals surface area (Å²) in [5.41, 5.74) is 2.28. The van der Waals surface area contributed by atoms with Crippen LogP contribution in [0.4, 0.5) is 0 Å². The summed E-state index contributed by atoms with van der Waals surface area (Å²) in [4.78, 5) is 44.7. The number of benzene rings is 3. The molecule has 0 aliphatic rings. The number of amides is 2. The van der Waals surface area contributed by atoms with E-state index in [-0.39, 0.29) is 31.8 Å². The number of nitrogens with one attached hydrogen (secondary N) is 2. The molecule has 39 heavy (non-hydrogen) atoms. The fourth-order valence-electron chi connectivity index (χ4n) is 4.41. The number of rotatable bonds is 14. The average Bonchev–Trinajstić information content (AvgIpc) is 2.92. The Bertz CT molecular complexity index is 1200. The lowest BCUT2D eigenvalue weighted by atomic mass is 9.77. The van der Waals surface area contributed by atoms with Crippen LogP contribution in [0.15, 0.2) is 91.0 Å². The van der Waals surface area contributed by atoms with Crippen LogP contribution >= 0.6 is 0 Å². The van der Waals surface area contributed by atoms with Gasteiger partial charge in [-0.2, -0.15) is 0 Å². The van der Waals surface area contributed by atoms with Crippen molar-refractivity contribution in [2.45, 2.75) is 51.4 Å². The first kappa shape index (κ1) is 29.5. The molecule has 0 saturated carbocycles. The van der Waals surface area contributed by atoms with Crippen molar-refractivity contribution >= 4 is 17.8 Å². The summed E-state index contributed by atoms with van der Waals surface area (Å²) in [5.74, 6) is -4.17. The van der Waals surface area contributed by atoms with E-state index in [1.165, 1.54) is 0 Å². The van der Waals surface area contributed by atoms with Crippen LogP contribution < -0.4 is 10.8 Å². The lowest BCUT2D eigenvalue weighted by Crippen LogP contribution is -2.60. The second-order valence-electron chi connectivity index (χ2n) is 10.1. The Kier molecular flexibility index (Phi) is 10.8. The number of carboxylic acid groups (broad SMARTS) is 1. The molecule has 0 aliphatic heterocycles. The van der Waals surface area contributed by atoms with Gasteiger partial charge in [0.1, 0.15) is 6.04 Å². The zero-order chi connectivity index (χ0) is 28.3. The van der Waals surface area contributed by atoms with Gasteiger partial charge in [0.05, 0.1) is 12.5 Å². The molecule has 3 aromatic rings. The van der Waals surface area contributed by atoms with E-state index in [1.807, 2.05) is 50.2 Å². The summed E-state index contributed by atoms with van der Waals surface area (Å²) in [6.07, 6.45) is -0.0322. The third kappa shape index (κ3) is 8.77. The monoisotopic (exact) mass is 532 g/mol. The molecule has 206 valence electrons. The van der Waals surface area contributed by atoms with E-state index in [0.29, 0.717) is 5.56 Å². The van der Waals surface area contributed by atoms with Gasteiger partial charge in [0.2, 0.25) is 5.91 Å². The van der Waals surface area contributed by atoms with Gasteiger partial charge < -0.3 is 15.5 Å². The highest BCUT2D eigenvalue weighted by atomic mass is 16.6. The maximum absolute atomic E-state index is 13.8. The minimum Gasteiger partial charge on any atom is -0.480 e. The van der Waals surface area contributed by atoms with Gasteiger partial charge in [0.25, 0.3) is 5.91 Å². The quantitative estimate of drug-likeness (QED) is 0.235. The lowest BCUT2D eigenvalue weighted by Gasteiger charge is -2.35. The Morgan fingerprint density at radius 2 is 1.33 bits per heavy atom. The molecule has 0 radical (unpaired) electrons. The minimum atomic E-state index is -2.29. The van der Waals surface area contributed by atoms with Gasteiger partial charge in [-0.05, 0) is 35.4 Å². The van der Waals surface area contributed by atoms with Crippen LogP contribution in [0.5, 0.6) is 0 Å². The van der Waals surface area contributed by atoms with Crippen molar-refractivity contribution in [2.75, 3.05) is 0 Å². The minimum absolute atomic E-state index is 0.0139. The molecule has 0 fully saturated rings. The second-order valence-corrected chi connectivity index (χ2v) is 10.1. The summed E-state index contributed by atoms with van der Waals surface area (Å²) in [6, 6.07) is 25.8. The van der Waals surface area contributed by atoms with E-state index in [1.54, 1.807) is 54.6 Å². The lowest BCUT2D eigenvalue weighted by molar-refractivity contribution is -0.161. The van der Waals surface area contributed by atoms with E-state index >= 15 is 0 Å². The maximum atomic E-state index is 13.8. The van der Waals surface area contributed by atoms with Gasteiger partial charge in [-0.25, -0.2) is 10.3 Å². The first-order valence-corrected chi connectivity index (χ1v) is 13.0. The van der Waals surface area contributed by atoms with Gasteiger partial charge >= 0.3 is 5.97 Å². The number of hydrogen-bond acceptors (Lipinski definition) is 5. The summed E-state index contributed by atoms with van der Waals surface area (Å²) in [6.45, 7) is 3.77. The third-order valence-corrected chi connectivity index (χ3v) is 6.45. The van der Waals surface area contributed by atoms with Gasteiger partial charge in [0, 0.05) is 6.42 Å². The topological polar surface area (TPSA) is 125 Å². The van der Waals surface area contributed by atoms with Gasteiger partial charge in [-0.15, -0.1) is 0 Å². The summed E-state index contributed by atoms with van der Waals surface area (Å²) in [7, 11) is 0. The van der Waals surface area contributed by atoms with E-state index in [9.17, 15) is 24.6 Å². The number of hydroxylamine groups is 1. The van der Waals surface area contributed by atoms with Crippen molar-refractivity contribution < 1.29 is 29.4 Å². The van der Waals surface area contributed by atoms with Gasteiger partial charge in [-0.3, -0.25) is 14.4 Å². The molecular formula is C31H36N2O6. The van der Waals surface area contributed by atoms with Gasteiger partial charge in [0.15, 0.2) is 5.60 Å². The normalized spacial score (nSPS) is 14.2. The maximum Gasteiger partial charge on any atom is 0.326 e. The van der Waals surface area contributed by atoms with Crippen LogP contribution in [0.25, 0.3) is 0 Å². The molecule has 1 unspecified atom stereocenters. The smallest absolute Gasteiger partial charge is 0.326 e. The highest BCUT2D eigenvalue weighted by Crippen LogP contribution is 2.28. The predicted octanol–water partition coefficient (Wildman–Crippen LogP) is 3.68. The molecule has 3 rings (SSSR count). The molecule has 0 aromatic heterocycles. The van der Waals surface area contributed by atoms with E-state index in [0.717, 1.165) is 11.1 Å². The van der Waals surface area contributed by atoms with Crippen LogP contribution in [0, 0.1) is 11.8 Å². The molecule has 0 saturated heterocycles. The highest BCUT2D eigenvalue weighted by molar-refractivity contribution is 5.95. The Labute approximate surface area is 229 Å². The Morgan fingerprint density at radius 1 is 0.821 bits per heavy atom. The first-order valence-electron chi connectivity index (χ1n) is 13.0. The number of carboxylic acids is 1. The van der Waals surface area contributed by atoms with Crippen LogP contribution in [0.2, 0.25) is 0 Å². The molecular weight excluding hydrogens is 496 g/mol. The summed E-state index contributed by atoms with van der Waals surface area (Å²) >= 11 is 0. The Hall–Kier alpha value is -4.01. The van der Waals surface area contributed by atoms with Crippen molar-refractivity contribution in [3.05, 3.63) is 108 Å². The van der Waals surface area contributed by atoms with Crippen molar-refractivity contribution in [1.82, 2.24) is 10.8 Å². The number of carbonyl (C=O) groups excluding carboxylic acids is 2. The Balaban J connectivity index is 1.95. The van der Waals surface area contributed by atoms with Crippen LogP contribution in [-0.2, 0) is 38.7 Å². The molecule has 0 bridgehead atoms. The molecule has 0 heterocycles. The van der Waals surface area contributed by atoms with Crippen LogP contribution in [0.3, 0.4) is 0 Å². The molecule has 4 N–H and O–H groups in total. The zero-order valence-corrected chi connectivity index (χ0v) is 22.2. The molecule has 3 atom stereocenters. The fourth-order valence-corrected chi connectivity index (χ4v) is 4.41. The van der Waals surface area contributed by atoms with Crippen LogP contribution in [-0.4, -0.2) is 39.6 Å². The average molecular weight is 533 g/mol. The van der Waals surface area contributed by atoms with Crippen molar-refractivity contribution in [3.8, 4) is 0 Å². The Morgan fingerprint density at radius 3 is 1.85 bits per heavy atom. The van der Waals surface area contributed by atoms with E-state index < -0.39 is 35.3 Å². The van der Waals surface area contributed by atoms with E-state index in [2.05, 4.69) is 10.8 Å². The molecule has 2 amide bonds. The summed E-state index contributed by atoms with van der Waals surface area (Å²) < 4.78 is 0. The summed E-state index contributed by atoms with van der Waals surface area (Å²) in [5, 5.41) is 24.3. The molecule has 3 aromatic carbocycles. The fraction of sp³-hybridized carbons (Fsp3) is 0.323. The zero-order valence-electron chi connectivity index (χ0n) is 22.2. The number of hydrogen-bond donors (Lipinski definition) is 4.